The Balaban J connectivity index is 1.72. The van der Waals surface area contributed by atoms with Crippen molar-refractivity contribution in [1.82, 2.24) is 15.0 Å². The molecule has 2 aliphatic rings. The maximum absolute atomic E-state index is 12.5. The second kappa shape index (κ2) is 6.84. The standard InChI is InChI=1S/C18H29N3O3/c1-13(2)8-21-11-18(7-17(21)22)10-20(5-6-23-12-18)9-16-14(3)19-24-15(16)4/h13H,5-12H2,1-4H3/t18-/m0/s1. The smallest absolute Gasteiger partial charge is 0.223 e. The first-order valence-corrected chi connectivity index (χ1v) is 8.88. The van der Waals surface area contributed by atoms with E-state index in [4.69, 9.17) is 9.26 Å². The van der Waals surface area contributed by atoms with Crippen LogP contribution >= 0.6 is 0 Å². The van der Waals surface area contributed by atoms with E-state index in [1.54, 1.807) is 0 Å². The molecule has 2 fully saturated rings. The van der Waals surface area contributed by atoms with Gasteiger partial charge in [-0.25, -0.2) is 0 Å². The molecule has 2 aliphatic heterocycles. The van der Waals surface area contributed by atoms with Gasteiger partial charge in [-0.2, -0.15) is 0 Å². The maximum atomic E-state index is 12.5. The van der Waals surface area contributed by atoms with Crippen molar-refractivity contribution in [2.45, 2.75) is 40.7 Å². The summed E-state index contributed by atoms with van der Waals surface area (Å²) in [5.74, 6) is 1.65. The molecule has 0 saturated carbocycles. The van der Waals surface area contributed by atoms with Crippen molar-refractivity contribution in [2.75, 3.05) is 39.4 Å². The van der Waals surface area contributed by atoms with E-state index in [9.17, 15) is 4.79 Å². The average Bonchev–Trinajstić information content (AvgIpc) is 2.88. The molecule has 24 heavy (non-hydrogen) atoms. The molecule has 6 nitrogen and oxygen atoms in total. The number of nitrogens with zero attached hydrogens (tertiary/aromatic N) is 3. The summed E-state index contributed by atoms with van der Waals surface area (Å²) in [6, 6.07) is 0. The zero-order valence-electron chi connectivity index (χ0n) is 15.3. The third-order valence-electron chi connectivity index (χ3n) is 5.07. The van der Waals surface area contributed by atoms with Crippen LogP contribution in [0.1, 0.15) is 37.3 Å². The van der Waals surface area contributed by atoms with Crippen molar-refractivity contribution in [3.8, 4) is 0 Å². The van der Waals surface area contributed by atoms with Crippen LogP contribution in [0.25, 0.3) is 0 Å². The fraction of sp³-hybridized carbons (Fsp3) is 0.778. The Kier molecular flexibility index (Phi) is 4.97. The van der Waals surface area contributed by atoms with Gasteiger partial charge in [0.15, 0.2) is 0 Å². The van der Waals surface area contributed by atoms with Gasteiger partial charge in [-0.05, 0) is 19.8 Å². The monoisotopic (exact) mass is 335 g/mol. The molecular formula is C18H29N3O3. The van der Waals surface area contributed by atoms with E-state index in [0.29, 0.717) is 25.6 Å². The third kappa shape index (κ3) is 3.64. The van der Waals surface area contributed by atoms with Crippen LogP contribution in [0.15, 0.2) is 4.52 Å². The van der Waals surface area contributed by atoms with Crippen molar-refractivity contribution < 1.29 is 14.1 Å². The Bertz CT molecular complexity index is 579. The number of aromatic nitrogens is 1. The van der Waals surface area contributed by atoms with Gasteiger partial charge in [-0.3, -0.25) is 9.69 Å². The number of hydrogen-bond acceptors (Lipinski definition) is 5. The molecule has 0 aromatic carbocycles. The van der Waals surface area contributed by atoms with Crippen molar-refractivity contribution in [3.05, 3.63) is 17.0 Å². The lowest BCUT2D eigenvalue weighted by Gasteiger charge is -2.31. The van der Waals surface area contributed by atoms with Gasteiger partial charge >= 0.3 is 0 Å². The summed E-state index contributed by atoms with van der Waals surface area (Å²) in [5.41, 5.74) is 2.03. The Hall–Kier alpha value is -1.40. The van der Waals surface area contributed by atoms with Crippen LogP contribution in [0, 0.1) is 25.2 Å². The molecule has 0 radical (unpaired) electrons. The van der Waals surface area contributed by atoms with Crippen LogP contribution in [0.5, 0.6) is 0 Å². The van der Waals surface area contributed by atoms with Crippen molar-refractivity contribution >= 4 is 5.91 Å². The molecule has 3 rings (SSSR count). The number of hydrogen-bond donors (Lipinski definition) is 0. The Morgan fingerprint density at radius 1 is 1.29 bits per heavy atom. The maximum Gasteiger partial charge on any atom is 0.223 e. The fourth-order valence-electron chi connectivity index (χ4n) is 3.96. The number of amides is 1. The summed E-state index contributed by atoms with van der Waals surface area (Å²) in [7, 11) is 0. The number of rotatable bonds is 4. The SMILES string of the molecule is Cc1noc(C)c1CN1CCOC[C@@]2(CC(=O)N(CC(C)C)C2)C1. The van der Waals surface area contributed by atoms with Crippen LogP contribution in [0.3, 0.4) is 0 Å². The topological polar surface area (TPSA) is 58.8 Å². The average molecular weight is 335 g/mol. The Labute approximate surface area is 144 Å². The van der Waals surface area contributed by atoms with E-state index in [1.807, 2.05) is 18.7 Å². The summed E-state index contributed by atoms with van der Waals surface area (Å²) < 4.78 is 11.2. The number of carbonyl (C=O) groups is 1. The van der Waals surface area contributed by atoms with Gasteiger partial charge in [0.25, 0.3) is 0 Å². The highest BCUT2D eigenvalue weighted by molar-refractivity contribution is 5.79. The van der Waals surface area contributed by atoms with Crippen molar-refractivity contribution in [2.24, 2.45) is 11.3 Å². The van der Waals surface area contributed by atoms with Gasteiger partial charge in [0, 0.05) is 50.1 Å². The van der Waals surface area contributed by atoms with E-state index in [0.717, 1.165) is 49.7 Å². The Morgan fingerprint density at radius 2 is 2.08 bits per heavy atom. The van der Waals surface area contributed by atoms with Crippen LogP contribution in [0.2, 0.25) is 0 Å². The molecule has 0 N–H and O–H groups in total. The molecule has 0 unspecified atom stereocenters. The van der Waals surface area contributed by atoms with E-state index in [-0.39, 0.29) is 11.3 Å². The lowest BCUT2D eigenvalue weighted by atomic mass is 9.87. The van der Waals surface area contributed by atoms with Gasteiger partial charge in [-0.1, -0.05) is 19.0 Å². The molecule has 1 aromatic rings. The molecule has 2 saturated heterocycles. The molecule has 1 amide bonds. The summed E-state index contributed by atoms with van der Waals surface area (Å²) >= 11 is 0. The van der Waals surface area contributed by atoms with E-state index < -0.39 is 0 Å². The van der Waals surface area contributed by atoms with Gasteiger partial charge in [0.2, 0.25) is 5.91 Å². The minimum absolute atomic E-state index is 0.0819. The van der Waals surface area contributed by atoms with E-state index in [2.05, 4.69) is 23.9 Å². The molecule has 1 atom stereocenters. The second-order valence-corrected chi connectivity index (χ2v) is 7.91. The summed E-state index contributed by atoms with van der Waals surface area (Å²) in [5, 5.41) is 4.06. The minimum Gasteiger partial charge on any atom is -0.379 e. The normalized spacial score (nSPS) is 25.9. The summed E-state index contributed by atoms with van der Waals surface area (Å²) in [6.45, 7) is 13.9. The molecule has 1 spiro atoms. The number of aryl methyl sites for hydroxylation is 2. The lowest BCUT2D eigenvalue weighted by Crippen LogP contribution is -2.41. The number of likely N-dealkylation sites (tertiary alicyclic amines) is 1. The highest BCUT2D eigenvalue weighted by Crippen LogP contribution is 2.35. The fourth-order valence-corrected chi connectivity index (χ4v) is 3.96. The van der Waals surface area contributed by atoms with Crippen LogP contribution < -0.4 is 0 Å². The predicted octanol–water partition coefficient (Wildman–Crippen LogP) is 2.00. The molecule has 0 aliphatic carbocycles. The van der Waals surface area contributed by atoms with Crippen LogP contribution in [0.4, 0.5) is 0 Å². The first kappa shape index (κ1) is 17.4. The van der Waals surface area contributed by atoms with Gasteiger partial charge in [0.1, 0.15) is 5.76 Å². The van der Waals surface area contributed by atoms with Gasteiger partial charge in [-0.15, -0.1) is 0 Å². The highest BCUT2D eigenvalue weighted by atomic mass is 16.5. The Morgan fingerprint density at radius 3 is 2.75 bits per heavy atom. The van der Waals surface area contributed by atoms with Crippen LogP contribution in [-0.4, -0.2) is 60.3 Å². The van der Waals surface area contributed by atoms with E-state index >= 15 is 0 Å². The minimum atomic E-state index is -0.0819. The van der Waals surface area contributed by atoms with E-state index in [1.165, 1.54) is 0 Å². The highest BCUT2D eigenvalue weighted by Gasteiger charge is 2.45. The predicted molar refractivity (Wildman–Crippen MR) is 90.5 cm³/mol. The first-order valence-electron chi connectivity index (χ1n) is 8.88. The first-order chi connectivity index (χ1) is 11.4. The lowest BCUT2D eigenvalue weighted by molar-refractivity contribution is -0.128. The van der Waals surface area contributed by atoms with Gasteiger partial charge < -0.3 is 14.2 Å². The molecule has 6 heteroatoms. The summed E-state index contributed by atoms with van der Waals surface area (Å²) in [6.07, 6.45) is 0.595. The quantitative estimate of drug-likeness (QED) is 0.842. The number of carbonyl (C=O) groups excluding carboxylic acids is 1. The third-order valence-corrected chi connectivity index (χ3v) is 5.07. The van der Waals surface area contributed by atoms with Crippen molar-refractivity contribution in [1.29, 1.82) is 0 Å². The molecular weight excluding hydrogens is 306 g/mol. The molecule has 1 aromatic heterocycles. The zero-order valence-corrected chi connectivity index (χ0v) is 15.3. The molecule has 134 valence electrons. The van der Waals surface area contributed by atoms with Crippen LogP contribution in [-0.2, 0) is 16.1 Å². The van der Waals surface area contributed by atoms with Gasteiger partial charge in [0.05, 0.1) is 18.9 Å². The zero-order chi connectivity index (χ0) is 17.3. The largest absolute Gasteiger partial charge is 0.379 e. The second-order valence-electron chi connectivity index (χ2n) is 7.91. The number of ether oxygens (including phenoxy) is 1. The molecule has 3 heterocycles. The molecule has 0 bridgehead atoms. The summed E-state index contributed by atoms with van der Waals surface area (Å²) in [4.78, 5) is 16.9. The van der Waals surface area contributed by atoms with Crippen molar-refractivity contribution in [3.63, 3.8) is 0 Å².